The molecule has 6 unspecified atom stereocenters. The highest BCUT2D eigenvalue weighted by molar-refractivity contribution is 5.77. The molecule has 4 nitrogen and oxygen atoms in total. The Morgan fingerprint density at radius 1 is 1.14 bits per heavy atom. The van der Waals surface area contributed by atoms with E-state index in [0.29, 0.717) is 18.3 Å². The van der Waals surface area contributed by atoms with Gasteiger partial charge < -0.3 is 9.84 Å². The first-order chi connectivity index (χ1) is 9.86. The second-order valence-electron chi connectivity index (χ2n) is 7.79. The normalized spacial score (nSPS) is 41.1. The van der Waals surface area contributed by atoms with Crippen molar-refractivity contribution in [2.75, 3.05) is 0 Å². The molecule has 3 saturated carbocycles. The summed E-state index contributed by atoms with van der Waals surface area (Å²) in [7, 11) is 0. The minimum Gasteiger partial charge on any atom is -0.481 e. The monoisotopic (exact) mass is 294 g/mol. The Bertz CT molecular complexity index is 456. The van der Waals surface area contributed by atoms with Gasteiger partial charge in [-0.15, -0.1) is 0 Å². The Labute approximate surface area is 126 Å². The van der Waals surface area contributed by atoms with Gasteiger partial charge in [-0.2, -0.15) is 0 Å². The number of rotatable bonds is 4. The molecule has 21 heavy (non-hydrogen) atoms. The summed E-state index contributed by atoms with van der Waals surface area (Å²) in [4.78, 5) is 24.1. The molecule has 0 heterocycles. The van der Waals surface area contributed by atoms with E-state index < -0.39 is 23.4 Å². The van der Waals surface area contributed by atoms with Gasteiger partial charge in [0.15, 0.2) is 0 Å². The van der Waals surface area contributed by atoms with Gasteiger partial charge >= 0.3 is 11.9 Å². The van der Waals surface area contributed by atoms with Crippen molar-refractivity contribution in [3.63, 3.8) is 0 Å². The molecular weight excluding hydrogens is 268 g/mol. The zero-order valence-electron chi connectivity index (χ0n) is 13.2. The van der Waals surface area contributed by atoms with E-state index in [0.717, 1.165) is 12.8 Å². The number of hydrogen-bond acceptors (Lipinski definition) is 3. The van der Waals surface area contributed by atoms with E-state index in [2.05, 4.69) is 0 Å². The summed E-state index contributed by atoms with van der Waals surface area (Å²) in [5.74, 6) is 0.162. The number of esters is 1. The third-order valence-corrected chi connectivity index (χ3v) is 6.47. The predicted octanol–water partition coefficient (Wildman–Crippen LogP) is 3.10. The van der Waals surface area contributed by atoms with Gasteiger partial charge in [0, 0.05) is 5.92 Å². The predicted molar refractivity (Wildman–Crippen MR) is 77.5 cm³/mol. The maximum absolute atomic E-state index is 12.4. The molecule has 0 spiro atoms. The highest BCUT2D eigenvalue weighted by Crippen LogP contribution is 2.61. The van der Waals surface area contributed by atoms with Crippen LogP contribution in [0, 0.1) is 35.0 Å². The topological polar surface area (TPSA) is 63.6 Å². The molecule has 3 aliphatic rings. The van der Waals surface area contributed by atoms with Crippen LogP contribution in [0.4, 0.5) is 0 Å². The molecule has 3 fully saturated rings. The molecule has 1 N–H and O–H groups in total. The van der Waals surface area contributed by atoms with Gasteiger partial charge in [0.2, 0.25) is 0 Å². The largest absolute Gasteiger partial charge is 0.481 e. The van der Waals surface area contributed by atoms with Gasteiger partial charge in [-0.05, 0) is 57.3 Å². The molecule has 118 valence electrons. The highest BCUT2D eigenvalue weighted by Gasteiger charge is 2.62. The van der Waals surface area contributed by atoms with E-state index in [1.54, 1.807) is 0 Å². The Morgan fingerprint density at radius 3 is 2.33 bits per heavy atom. The third-order valence-electron chi connectivity index (χ3n) is 6.47. The molecule has 2 bridgehead atoms. The molecule has 0 aliphatic heterocycles. The lowest BCUT2D eigenvalue weighted by atomic mass is 9.74. The quantitative estimate of drug-likeness (QED) is 0.809. The summed E-state index contributed by atoms with van der Waals surface area (Å²) < 4.78 is 5.76. The number of carboxylic acid groups (broad SMARTS) is 1. The Kier molecular flexibility index (Phi) is 3.53. The smallest absolute Gasteiger partial charge is 0.311 e. The zero-order chi connectivity index (χ0) is 15.4. The molecule has 3 rings (SSSR count). The van der Waals surface area contributed by atoms with Crippen LogP contribution in [0.1, 0.15) is 52.9 Å². The van der Waals surface area contributed by atoms with Gasteiger partial charge in [0.25, 0.3) is 0 Å². The molecule has 0 aromatic rings. The van der Waals surface area contributed by atoms with Crippen LogP contribution in [0.2, 0.25) is 0 Å². The van der Waals surface area contributed by atoms with Crippen LogP contribution < -0.4 is 0 Å². The molecule has 0 saturated heterocycles. The zero-order valence-corrected chi connectivity index (χ0v) is 13.2. The van der Waals surface area contributed by atoms with E-state index in [1.165, 1.54) is 12.8 Å². The summed E-state index contributed by atoms with van der Waals surface area (Å²) in [5.41, 5.74) is -0.528. The number of ether oxygens (including phenoxy) is 1. The van der Waals surface area contributed by atoms with Crippen molar-refractivity contribution in [1.29, 1.82) is 0 Å². The molecule has 0 aromatic carbocycles. The Balaban J connectivity index is 1.80. The summed E-state index contributed by atoms with van der Waals surface area (Å²) in [6.45, 7) is 5.71. The second kappa shape index (κ2) is 4.99. The van der Waals surface area contributed by atoms with Crippen LogP contribution in [0.5, 0.6) is 0 Å². The lowest BCUT2D eigenvalue weighted by Crippen LogP contribution is -2.44. The summed E-state index contributed by atoms with van der Waals surface area (Å²) in [5, 5.41) is 9.61. The molecule has 3 aliphatic carbocycles. The maximum Gasteiger partial charge on any atom is 0.311 e. The fourth-order valence-corrected chi connectivity index (χ4v) is 4.96. The van der Waals surface area contributed by atoms with Gasteiger partial charge in [0.1, 0.15) is 6.10 Å². The number of fused-ring (bicyclic) bond motifs is 5. The van der Waals surface area contributed by atoms with Gasteiger partial charge in [0.05, 0.1) is 11.3 Å². The molecule has 6 atom stereocenters. The van der Waals surface area contributed by atoms with Crippen molar-refractivity contribution in [3.05, 3.63) is 0 Å². The molecule has 4 heteroatoms. The van der Waals surface area contributed by atoms with Crippen molar-refractivity contribution >= 4 is 11.9 Å². The van der Waals surface area contributed by atoms with Crippen LogP contribution in [-0.4, -0.2) is 23.1 Å². The van der Waals surface area contributed by atoms with Gasteiger partial charge in [-0.1, -0.05) is 13.3 Å². The van der Waals surface area contributed by atoms with E-state index in [4.69, 9.17) is 4.74 Å². The van der Waals surface area contributed by atoms with Gasteiger partial charge in [-0.25, -0.2) is 0 Å². The summed E-state index contributed by atoms with van der Waals surface area (Å²) >= 11 is 0. The van der Waals surface area contributed by atoms with Crippen molar-refractivity contribution in [2.24, 2.45) is 35.0 Å². The van der Waals surface area contributed by atoms with E-state index in [9.17, 15) is 14.7 Å². The summed E-state index contributed by atoms with van der Waals surface area (Å²) in [6, 6.07) is 0. The lowest BCUT2D eigenvalue weighted by Gasteiger charge is -2.37. The number of carbonyl (C=O) groups excluding carboxylic acids is 1. The number of aliphatic carboxylic acids is 1. The van der Waals surface area contributed by atoms with Crippen LogP contribution in [-0.2, 0) is 14.3 Å². The van der Waals surface area contributed by atoms with Crippen LogP contribution in [0.25, 0.3) is 0 Å². The first-order valence-corrected chi connectivity index (χ1v) is 8.30. The third kappa shape index (κ3) is 2.18. The number of carboxylic acids is 1. The number of carbonyl (C=O) groups is 2. The van der Waals surface area contributed by atoms with Crippen molar-refractivity contribution in [1.82, 2.24) is 0 Å². The van der Waals surface area contributed by atoms with Gasteiger partial charge in [-0.3, -0.25) is 9.59 Å². The van der Waals surface area contributed by atoms with E-state index in [-0.39, 0.29) is 17.8 Å². The molecular formula is C17H26O4. The lowest BCUT2D eigenvalue weighted by molar-refractivity contribution is -0.173. The first-order valence-electron chi connectivity index (χ1n) is 8.30. The summed E-state index contributed by atoms with van der Waals surface area (Å²) in [6.07, 6.45) is 4.80. The van der Waals surface area contributed by atoms with Crippen molar-refractivity contribution in [2.45, 2.75) is 59.0 Å². The molecule has 0 radical (unpaired) electrons. The minimum absolute atomic E-state index is 0.225. The second-order valence-corrected chi connectivity index (χ2v) is 7.79. The molecule has 0 aromatic heterocycles. The van der Waals surface area contributed by atoms with Crippen molar-refractivity contribution in [3.8, 4) is 0 Å². The fraction of sp³-hybridized carbons (Fsp3) is 0.882. The Morgan fingerprint density at radius 2 is 1.76 bits per heavy atom. The fourth-order valence-electron chi connectivity index (χ4n) is 4.96. The van der Waals surface area contributed by atoms with Crippen LogP contribution in [0.3, 0.4) is 0 Å². The van der Waals surface area contributed by atoms with Crippen LogP contribution >= 0.6 is 0 Å². The van der Waals surface area contributed by atoms with E-state index in [1.807, 2.05) is 20.8 Å². The maximum atomic E-state index is 12.4. The number of hydrogen-bond donors (Lipinski definition) is 1. The van der Waals surface area contributed by atoms with E-state index >= 15 is 0 Å². The Hall–Kier alpha value is -1.06. The standard InChI is InChI=1S/C17H26O4/c1-4-17(2,3)16(20)21-14-12-8-11(13(14)15(18)19)9-6-5-7-10(9)12/h9-14H,4-8H2,1-3H3,(H,18,19). The van der Waals surface area contributed by atoms with Crippen molar-refractivity contribution < 1.29 is 19.4 Å². The van der Waals surface area contributed by atoms with Crippen LogP contribution in [0.15, 0.2) is 0 Å². The average molecular weight is 294 g/mol. The first kappa shape index (κ1) is 14.9. The highest BCUT2D eigenvalue weighted by atomic mass is 16.5. The minimum atomic E-state index is -0.778. The SMILES string of the molecule is CCC(C)(C)C(=O)OC1C2CC(C3CCCC32)C1C(=O)O. The molecule has 0 amide bonds. The average Bonchev–Trinajstić information content (AvgIpc) is 3.08.